The third kappa shape index (κ3) is 3.64. The van der Waals surface area contributed by atoms with Crippen LogP contribution in [-0.4, -0.2) is 24.6 Å². The minimum absolute atomic E-state index is 0.108. The molecule has 0 saturated heterocycles. The number of fused-ring (bicyclic) bond motifs is 1. The van der Waals surface area contributed by atoms with Crippen LogP contribution in [0.15, 0.2) is 23.6 Å². The lowest BCUT2D eigenvalue weighted by Gasteiger charge is -2.27. The van der Waals surface area contributed by atoms with Gasteiger partial charge in [-0.3, -0.25) is 0 Å². The molecule has 0 bridgehead atoms. The van der Waals surface area contributed by atoms with Crippen LogP contribution in [-0.2, 0) is 6.42 Å². The van der Waals surface area contributed by atoms with Crippen molar-refractivity contribution in [2.45, 2.75) is 32.7 Å². The summed E-state index contributed by atoms with van der Waals surface area (Å²) in [6.07, 6.45) is 2.21. The lowest BCUT2D eigenvalue weighted by Crippen LogP contribution is -2.31. The molecule has 2 heterocycles. The number of carbonyl (C=O) groups is 1. The van der Waals surface area contributed by atoms with Crippen molar-refractivity contribution in [1.29, 1.82) is 0 Å². The summed E-state index contributed by atoms with van der Waals surface area (Å²) in [5, 5.41) is 8.84. The van der Waals surface area contributed by atoms with Gasteiger partial charge in [-0.25, -0.2) is 9.78 Å². The molecule has 0 radical (unpaired) electrons. The van der Waals surface area contributed by atoms with Crippen LogP contribution < -0.4 is 15.5 Å². The van der Waals surface area contributed by atoms with Crippen molar-refractivity contribution in [1.82, 2.24) is 10.3 Å². The van der Waals surface area contributed by atoms with E-state index in [1.165, 1.54) is 11.3 Å². The zero-order valence-electron chi connectivity index (χ0n) is 13.7. The highest BCUT2D eigenvalue weighted by molar-refractivity contribution is 7.09. The fraction of sp³-hybridized carbons (Fsp3) is 0.412. The van der Waals surface area contributed by atoms with Gasteiger partial charge in [-0.1, -0.05) is 0 Å². The molecule has 2 N–H and O–H groups in total. The van der Waals surface area contributed by atoms with Gasteiger partial charge in [-0.15, -0.1) is 11.3 Å². The number of aryl methyl sites for hydroxylation is 2. The van der Waals surface area contributed by atoms with Gasteiger partial charge in [0.05, 0.1) is 16.7 Å². The normalized spacial score (nSPS) is 15.0. The molecule has 1 aliphatic rings. The number of hydrogen-bond acceptors (Lipinski definition) is 4. The van der Waals surface area contributed by atoms with Crippen molar-refractivity contribution < 1.29 is 4.79 Å². The summed E-state index contributed by atoms with van der Waals surface area (Å²) < 4.78 is 0. The predicted octanol–water partition coefficient (Wildman–Crippen LogP) is 3.72. The van der Waals surface area contributed by atoms with E-state index < -0.39 is 0 Å². The molecule has 6 heteroatoms. The quantitative estimate of drug-likeness (QED) is 0.902. The molecule has 1 aromatic heterocycles. The highest BCUT2D eigenvalue weighted by Gasteiger charge is 2.15. The third-order valence-corrected chi connectivity index (χ3v) is 4.91. The Hall–Kier alpha value is -2.08. The Labute approximate surface area is 140 Å². The molecule has 0 saturated carbocycles. The Morgan fingerprint density at radius 3 is 3.00 bits per heavy atom. The maximum atomic E-state index is 12.2. The Kier molecular flexibility index (Phi) is 4.52. The van der Waals surface area contributed by atoms with Crippen molar-refractivity contribution in [2.24, 2.45) is 0 Å². The van der Waals surface area contributed by atoms with Gasteiger partial charge in [-0.2, -0.15) is 0 Å². The van der Waals surface area contributed by atoms with Crippen molar-refractivity contribution >= 4 is 28.7 Å². The van der Waals surface area contributed by atoms with E-state index in [-0.39, 0.29) is 12.1 Å². The van der Waals surface area contributed by atoms with Crippen LogP contribution in [0.1, 0.15) is 35.7 Å². The van der Waals surface area contributed by atoms with Crippen LogP contribution in [0.25, 0.3) is 0 Å². The first-order valence-corrected chi connectivity index (χ1v) is 8.74. The van der Waals surface area contributed by atoms with Gasteiger partial charge in [0.15, 0.2) is 0 Å². The van der Waals surface area contributed by atoms with E-state index in [0.29, 0.717) is 0 Å². The van der Waals surface area contributed by atoms with E-state index in [4.69, 9.17) is 0 Å². The van der Waals surface area contributed by atoms with Crippen LogP contribution in [0.4, 0.5) is 16.2 Å². The fourth-order valence-electron chi connectivity index (χ4n) is 2.88. The lowest BCUT2D eigenvalue weighted by molar-refractivity contribution is 0.249. The number of urea groups is 1. The fourth-order valence-corrected chi connectivity index (χ4v) is 3.59. The number of amides is 2. The molecule has 2 aromatic rings. The molecule has 23 heavy (non-hydrogen) atoms. The minimum atomic E-state index is -0.202. The molecular formula is C17H22N4OS. The zero-order valence-corrected chi connectivity index (χ0v) is 14.5. The van der Waals surface area contributed by atoms with E-state index in [1.807, 2.05) is 25.3 Å². The molecule has 1 unspecified atom stereocenters. The molecule has 0 aliphatic carbocycles. The van der Waals surface area contributed by atoms with Gasteiger partial charge >= 0.3 is 6.03 Å². The summed E-state index contributed by atoms with van der Waals surface area (Å²) >= 11 is 1.59. The van der Waals surface area contributed by atoms with Gasteiger partial charge in [0.2, 0.25) is 0 Å². The van der Waals surface area contributed by atoms with E-state index in [2.05, 4.69) is 39.7 Å². The predicted molar refractivity (Wildman–Crippen MR) is 95.5 cm³/mol. The van der Waals surface area contributed by atoms with E-state index in [1.54, 1.807) is 11.3 Å². The highest BCUT2D eigenvalue weighted by atomic mass is 32.1. The van der Waals surface area contributed by atoms with Gasteiger partial charge in [0, 0.05) is 30.3 Å². The number of nitrogens with one attached hydrogen (secondary N) is 2. The van der Waals surface area contributed by atoms with E-state index in [9.17, 15) is 4.79 Å². The molecular weight excluding hydrogens is 308 g/mol. The second-order valence-corrected chi connectivity index (χ2v) is 7.04. The maximum absolute atomic E-state index is 12.2. The van der Waals surface area contributed by atoms with Crippen molar-refractivity contribution in [3.63, 3.8) is 0 Å². The number of rotatable bonds is 3. The largest absolute Gasteiger partial charge is 0.374 e. The SMILES string of the molecule is Cc1nc(C(C)NC(=O)Nc2ccc3c(c2)CCCN3C)cs1. The number of thiazole rings is 1. The average molecular weight is 330 g/mol. The van der Waals surface area contributed by atoms with E-state index >= 15 is 0 Å². The number of hydrogen-bond donors (Lipinski definition) is 2. The Balaban J connectivity index is 1.64. The second-order valence-electron chi connectivity index (χ2n) is 5.98. The summed E-state index contributed by atoms with van der Waals surface area (Å²) in [7, 11) is 2.11. The number of carbonyl (C=O) groups excluding carboxylic acids is 1. The van der Waals surface area contributed by atoms with Crippen LogP contribution >= 0.6 is 11.3 Å². The lowest BCUT2D eigenvalue weighted by atomic mass is 10.0. The van der Waals surface area contributed by atoms with E-state index in [0.717, 1.165) is 35.8 Å². The maximum Gasteiger partial charge on any atom is 0.319 e. The average Bonchev–Trinajstić information content (AvgIpc) is 2.94. The zero-order chi connectivity index (χ0) is 16.4. The van der Waals surface area contributed by atoms with Gasteiger partial charge < -0.3 is 15.5 Å². The third-order valence-electron chi connectivity index (χ3n) is 4.12. The van der Waals surface area contributed by atoms with Crippen molar-refractivity contribution in [3.05, 3.63) is 39.8 Å². The molecule has 2 amide bonds. The number of anilines is 2. The van der Waals surface area contributed by atoms with Crippen LogP contribution in [0.3, 0.4) is 0 Å². The highest BCUT2D eigenvalue weighted by Crippen LogP contribution is 2.28. The topological polar surface area (TPSA) is 57.3 Å². The summed E-state index contributed by atoms with van der Waals surface area (Å²) in [4.78, 5) is 18.8. The molecule has 5 nitrogen and oxygen atoms in total. The summed E-state index contributed by atoms with van der Waals surface area (Å²) in [5.41, 5.74) is 4.28. The van der Waals surface area contributed by atoms with Crippen LogP contribution in [0, 0.1) is 6.92 Å². The van der Waals surface area contributed by atoms with Gasteiger partial charge in [0.25, 0.3) is 0 Å². The van der Waals surface area contributed by atoms with Gasteiger partial charge in [-0.05, 0) is 50.5 Å². The first-order chi connectivity index (χ1) is 11.0. The van der Waals surface area contributed by atoms with Crippen LogP contribution in [0.2, 0.25) is 0 Å². The summed E-state index contributed by atoms with van der Waals surface area (Å²) in [6, 6.07) is 5.80. The molecule has 0 spiro atoms. The second kappa shape index (κ2) is 6.58. The van der Waals surface area contributed by atoms with Crippen molar-refractivity contribution in [3.8, 4) is 0 Å². The van der Waals surface area contributed by atoms with Gasteiger partial charge in [0.1, 0.15) is 0 Å². The Morgan fingerprint density at radius 1 is 1.43 bits per heavy atom. The monoisotopic (exact) mass is 330 g/mol. The molecule has 1 aliphatic heterocycles. The molecule has 122 valence electrons. The van der Waals surface area contributed by atoms with Crippen LogP contribution in [0.5, 0.6) is 0 Å². The Morgan fingerprint density at radius 2 is 2.26 bits per heavy atom. The Bertz CT molecular complexity index is 712. The van der Waals surface area contributed by atoms with Crippen molar-refractivity contribution in [2.75, 3.05) is 23.8 Å². The smallest absolute Gasteiger partial charge is 0.319 e. The molecule has 1 aromatic carbocycles. The summed E-state index contributed by atoms with van der Waals surface area (Å²) in [6.45, 7) is 4.99. The number of nitrogens with zero attached hydrogens (tertiary/aromatic N) is 2. The molecule has 0 fully saturated rings. The molecule has 1 atom stereocenters. The molecule has 3 rings (SSSR count). The summed E-state index contributed by atoms with van der Waals surface area (Å²) in [5.74, 6) is 0. The minimum Gasteiger partial charge on any atom is -0.374 e. The standard InChI is InChI=1S/C17H22N4OS/c1-11(15-10-23-12(2)19-15)18-17(22)20-14-6-7-16-13(9-14)5-4-8-21(16)3/h6-7,9-11H,4-5,8H2,1-3H3,(H2,18,20,22). The number of benzene rings is 1. The first-order valence-electron chi connectivity index (χ1n) is 7.86. The number of aromatic nitrogens is 1. The first kappa shape index (κ1) is 15.8.